The SMILES string of the molecule is CCOc1cc(OCC)c2nc(C(C)(C)NC(=O)Nc3ccc4c(n3)CN(C3CCC(=O)NC3=O)C4=O)sc2c1. The lowest BCUT2D eigenvalue weighted by Crippen LogP contribution is -2.52. The molecule has 210 valence electrons. The first-order valence-corrected chi connectivity index (χ1v) is 13.9. The number of nitrogens with zero attached hydrogens (tertiary/aromatic N) is 3. The van der Waals surface area contributed by atoms with Gasteiger partial charge < -0.3 is 19.7 Å². The number of rotatable bonds is 8. The van der Waals surface area contributed by atoms with Crippen LogP contribution in [0.25, 0.3) is 10.2 Å². The summed E-state index contributed by atoms with van der Waals surface area (Å²) in [5.41, 5.74) is 0.678. The number of amides is 5. The average Bonchev–Trinajstić information content (AvgIpc) is 3.46. The second-order valence-corrected chi connectivity index (χ2v) is 11.0. The van der Waals surface area contributed by atoms with Gasteiger partial charge in [-0.1, -0.05) is 0 Å². The molecule has 2 aliphatic rings. The van der Waals surface area contributed by atoms with Gasteiger partial charge in [-0.3, -0.25) is 25.0 Å². The van der Waals surface area contributed by atoms with Crippen molar-refractivity contribution in [1.29, 1.82) is 0 Å². The van der Waals surface area contributed by atoms with E-state index in [1.807, 2.05) is 39.8 Å². The smallest absolute Gasteiger partial charge is 0.321 e. The van der Waals surface area contributed by atoms with Crippen LogP contribution in [0, 0.1) is 0 Å². The van der Waals surface area contributed by atoms with Crippen LogP contribution in [0.5, 0.6) is 11.5 Å². The lowest BCUT2D eigenvalue weighted by molar-refractivity contribution is -0.136. The van der Waals surface area contributed by atoms with Crippen molar-refractivity contribution >= 4 is 51.1 Å². The summed E-state index contributed by atoms with van der Waals surface area (Å²) in [5.74, 6) is 0.400. The zero-order chi connectivity index (χ0) is 28.6. The first-order chi connectivity index (χ1) is 19.1. The van der Waals surface area contributed by atoms with Crippen molar-refractivity contribution in [3.05, 3.63) is 40.5 Å². The molecule has 5 amide bonds. The Morgan fingerprint density at radius 2 is 1.93 bits per heavy atom. The van der Waals surface area contributed by atoms with Gasteiger partial charge in [0, 0.05) is 12.5 Å². The van der Waals surface area contributed by atoms with Crippen molar-refractivity contribution in [2.75, 3.05) is 18.5 Å². The van der Waals surface area contributed by atoms with Crippen LogP contribution in [-0.2, 0) is 21.7 Å². The Labute approximate surface area is 234 Å². The first kappa shape index (κ1) is 27.3. The van der Waals surface area contributed by atoms with Crippen molar-refractivity contribution in [3.8, 4) is 11.5 Å². The van der Waals surface area contributed by atoms with Crippen LogP contribution in [0.1, 0.15) is 61.6 Å². The fourth-order valence-electron chi connectivity index (χ4n) is 4.75. The molecule has 2 aliphatic heterocycles. The van der Waals surface area contributed by atoms with Crippen molar-refractivity contribution in [2.24, 2.45) is 0 Å². The zero-order valence-corrected chi connectivity index (χ0v) is 23.4. The molecule has 0 aliphatic carbocycles. The maximum atomic E-state index is 13.0. The van der Waals surface area contributed by atoms with Crippen LogP contribution >= 0.6 is 11.3 Å². The highest BCUT2D eigenvalue weighted by molar-refractivity contribution is 7.18. The van der Waals surface area contributed by atoms with E-state index in [9.17, 15) is 19.2 Å². The van der Waals surface area contributed by atoms with Gasteiger partial charge in [0.05, 0.1) is 41.3 Å². The number of piperidine rings is 1. The van der Waals surface area contributed by atoms with Crippen LogP contribution in [0.15, 0.2) is 24.3 Å². The van der Waals surface area contributed by atoms with Crippen LogP contribution in [0.3, 0.4) is 0 Å². The predicted molar refractivity (Wildman–Crippen MR) is 147 cm³/mol. The summed E-state index contributed by atoms with van der Waals surface area (Å²) in [6, 6.07) is 5.61. The van der Waals surface area contributed by atoms with Crippen LogP contribution in [0.4, 0.5) is 10.6 Å². The van der Waals surface area contributed by atoms with E-state index < -0.39 is 23.5 Å². The summed E-state index contributed by atoms with van der Waals surface area (Å²) < 4.78 is 12.3. The van der Waals surface area contributed by atoms with Crippen molar-refractivity contribution in [2.45, 2.75) is 58.7 Å². The number of aromatic nitrogens is 2. The standard InChI is InChI=1S/C27H30N6O6S/c1-5-38-14-11-18(39-6-2)22-19(12-14)40-25(31-22)27(3,4)32-26(37)29-20-9-7-15-16(28-20)13-33(24(15)36)17-8-10-21(34)30-23(17)35/h7,9,11-12,17H,5-6,8,10,13H2,1-4H3,(H,30,34,35)(H2,28,29,32,37). The molecule has 0 saturated carbocycles. The molecule has 3 N–H and O–H groups in total. The van der Waals surface area contributed by atoms with E-state index in [-0.39, 0.29) is 37.0 Å². The monoisotopic (exact) mass is 566 g/mol. The third-order valence-electron chi connectivity index (χ3n) is 6.62. The second-order valence-electron chi connectivity index (χ2n) is 9.95. The summed E-state index contributed by atoms with van der Waals surface area (Å²) in [7, 11) is 0. The zero-order valence-electron chi connectivity index (χ0n) is 22.6. The van der Waals surface area contributed by atoms with E-state index in [0.29, 0.717) is 46.5 Å². The van der Waals surface area contributed by atoms with Gasteiger partial charge in [-0.15, -0.1) is 11.3 Å². The molecule has 13 heteroatoms. The Hall–Kier alpha value is -4.26. The first-order valence-electron chi connectivity index (χ1n) is 13.0. The highest BCUT2D eigenvalue weighted by Crippen LogP contribution is 2.38. The molecule has 2 aromatic heterocycles. The molecule has 4 heterocycles. The second kappa shape index (κ2) is 10.7. The van der Waals surface area contributed by atoms with Crippen molar-refractivity contribution in [3.63, 3.8) is 0 Å². The molecule has 1 unspecified atom stereocenters. The average molecular weight is 567 g/mol. The molecular weight excluding hydrogens is 536 g/mol. The van der Waals surface area contributed by atoms with Gasteiger partial charge in [0.25, 0.3) is 5.91 Å². The minimum absolute atomic E-state index is 0.112. The molecular formula is C27H30N6O6S. The molecule has 40 heavy (non-hydrogen) atoms. The highest BCUT2D eigenvalue weighted by atomic mass is 32.1. The molecule has 1 saturated heterocycles. The Balaban J connectivity index is 1.29. The predicted octanol–water partition coefficient (Wildman–Crippen LogP) is 3.31. The number of hydrogen-bond acceptors (Lipinski definition) is 9. The highest BCUT2D eigenvalue weighted by Gasteiger charge is 2.40. The minimum atomic E-state index is -0.835. The Kier molecular flexibility index (Phi) is 7.32. The van der Waals surface area contributed by atoms with Crippen molar-refractivity contribution in [1.82, 2.24) is 25.5 Å². The Morgan fingerprint density at radius 3 is 2.65 bits per heavy atom. The number of imide groups is 1. The van der Waals surface area contributed by atoms with Gasteiger partial charge in [-0.25, -0.2) is 14.8 Å². The summed E-state index contributed by atoms with van der Waals surface area (Å²) in [4.78, 5) is 60.3. The Bertz CT molecular complexity index is 1520. The maximum Gasteiger partial charge on any atom is 0.321 e. The van der Waals surface area contributed by atoms with Gasteiger partial charge >= 0.3 is 6.03 Å². The number of hydrogen-bond donors (Lipinski definition) is 3. The van der Waals surface area contributed by atoms with E-state index >= 15 is 0 Å². The number of anilines is 1. The lowest BCUT2D eigenvalue weighted by atomic mass is 10.0. The third kappa shape index (κ3) is 5.28. The number of carbonyl (C=O) groups is 4. The van der Waals surface area contributed by atoms with E-state index in [2.05, 4.69) is 20.9 Å². The maximum absolute atomic E-state index is 13.0. The molecule has 0 spiro atoms. The summed E-state index contributed by atoms with van der Waals surface area (Å²) >= 11 is 1.44. The number of carbonyl (C=O) groups excluding carboxylic acids is 4. The number of ether oxygens (including phenoxy) is 2. The quantitative estimate of drug-likeness (QED) is 0.351. The molecule has 12 nitrogen and oxygen atoms in total. The minimum Gasteiger partial charge on any atom is -0.494 e. The van der Waals surface area contributed by atoms with Crippen LogP contribution in [0.2, 0.25) is 0 Å². The van der Waals surface area contributed by atoms with Gasteiger partial charge in [0.15, 0.2) is 0 Å². The van der Waals surface area contributed by atoms with Crippen LogP contribution < -0.4 is 25.4 Å². The topological polar surface area (TPSA) is 152 Å². The van der Waals surface area contributed by atoms with E-state index in [4.69, 9.17) is 14.5 Å². The summed E-state index contributed by atoms with van der Waals surface area (Å²) in [6.07, 6.45) is 0.430. The fraction of sp³-hybridized carbons (Fsp3) is 0.407. The number of urea groups is 1. The number of nitrogens with one attached hydrogen (secondary N) is 3. The molecule has 5 rings (SSSR count). The number of fused-ring (bicyclic) bond motifs is 2. The van der Waals surface area contributed by atoms with Crippen LogP contribution in [-0.4, -0.2) is 57.9 Å². The van der Waals surface area contributed by atoms with Gasteiger partial charge in [0.1, 0.15) is 33.9 Å². The fourth-order valence-corrected chi connectivity index (χ4v) is 5.82. The number of pyridine rings is 1. The van der Waals surface area contributed by atoms with E-state index in [0.717, 1.165) is 4.70 Å². The Morgan fingerprint density at radius 1 is 1.15 bits per heavy atom. The lowest BCUT2D eigenvalue weighted by Gasteiger charge is -2.29. The molecule has 1 atom stereocenters. The van der Waals surface area contributed by atoms with Gasteiger partial charge in [-0.2, -0.15) is 0 Å². The molecule has 0 radical (unpaired) electrons. The van der Waals surface area contributed by atoms with E-state index in [1.165, 1.54) is 16.2 Å². The van der Waals surface area contributed by atoms with E-state index in [1.54, 1.807) is 12.1 Å². The summed E-state index contributed by atoms with van der Waals surface area (Å²) in [5, 5.41) is 8.63. The largest absolute Gasteiger partial charge is 0.494 e. The van der Waals surface area contributed by atoms with Crippen molar-refractivity contribution < 1.29 is 28.7 Å². The molecule has 1 fully saturated rings. The number of thiazole rings is 1. The normalized spacial score (nSPS) is 17.1. The molecule has 1 aromatic carbocycles. The third-order valence-corrected chi connectivity index (χ3v) is 7.94. The molecule has 3 aromatic rings. The molecule has 0 bridgehead atoms. The number of benzene rings is 1. The van der Waals surface area contributed by atoms with Gasteiger partial charge in [-0.05, 0) is 52.3 Å². The van der Waals surface area contributed by atoms with Gasteiger partial charge in [0.2, 0.25) is 11.8 Å². The summed E-state index contributed by atoms with van der Waals surface area (Å²) in [6.45, 7) is 8.62.